The fourth-order valence-electron chi connectivity index (χ4n) is 2.50. The number of anilines is 1. The van der Waals surface area contributed by atoms with Crippen molar-refractivity contribution in [2.75, 3.05) is 5.32 Å². The number of carbonyl (C=O) groups is 1. The molecule has 0 atom stereocenters. The molecule has 0 fully saturated rings. The minimum Gasteiger partial charge on any atom is -0.298 e. The smallest absolute Gasteiger partial charge is 0.257 e. The maximum atomic E-state index is 12.4. The SMILES string of the molecule is Cc1cc(Cl)cc2sc(NC(=O)c3ccc(C(C)(C)C)cc3)nc12. The number of nitrogens with one attached hydrogen (secondary N) is 1. The standard InChI is InChI=1S/C19H19ClN2OS/c1-11-9-14(20)10-15-16(11)21-18(24-15)22-17(23)12-5-7-13(8-6-12)19(2,3)4/h5-10H,1-4H3,(H,21,22,23). The van der Waals surface area contributed by atoms with Gasteiger partial charge < -0.3 is 0 Å². The summed E-state index contributed by atoms with van der Waals surface area (Å²) in [5, 5.41) is 4.14. The monoisotopic (exact) mass is 358 g/mol. The highest BCUT2D eigenvalue weighted by atomic mass is 35.5. The van der Waals surface area contributed by atoms with Gasteiger partial charge in [0, 0.05) is 10.6 Å². The minimum absolute atomic E-state index is 0.0683. The lowest BCUT2D eigenvalue weighted by Crippen LogP contribution is -2.14. The molecule has 3 rings (SSSR count). The third-order valence-corrected chi connectivity index (χ3v) is 5.02. The van der Waals surface area contributed by atoms with Crippen LogP contribution in [0.2, 0.25) is 5.02 Å². The summed E-state index contributed by atoms with van der Waals surface area (Å²) in [5.41, 5.74) is 3.77. The molecule has 1 N–H and O–H groups in total. The molecule has 0 bridgehead atoms. The largest absolute Gasteiger partial charge is 0.298 e. The molecule has 0 aliphatic heterocycles. The maximum Gasteiger partial charge on any atom is 0.257 e. The maximum absolute atomic E-state index is 12.4. The van der Waals surface area contributed by atoms with Gasteiger partial charge >= 0.3 is 0 Å². The van der Waals surface area contributed by atoms with Gasteiger partial charge in [0.05, 0.1) is 10.2 Å². The van der Waals surface area contributed by atoms with E-state index < -0.39 is 0 Å². The van der Waals surface area contributed by atoms with Gasteiger partial charge in [0.2, 0.25) is 0 Å². The molecule has 3 nitrogen and oxygen atoms in total. The van der Waals surface area contributed by atoms with E-state index in [9.17, 15) is 4.79 Å². The summed E-state index contributed by atoms with van der Waals surface area (Å²) in [4.78, 5) is 16.9. The predicted molar refractivity (Wildman–Crippen MR) is 102 cm³/mol. The summed E-state index contributed by atoms with van der Waals surface area (Å²) in [5.74, 6) is -0.154. The van der Waals surface area contributed by atoms with Crippen molar-refractivity contribution in [2.24, 2.45) is 0 Å². The molecule has 0 unspecified atom stereocenters. The molecule has 0 saturated carbocycles. The molecular weight excluding hydrogens is 340 g/mol. The summed E-state index contributed by atoms with van der Waals surface area (Å²) in [6.45, 7) is 8.41. The molecule has 1 aromatic heterocycles. The molecule has 0 radical (unpaired) electrons. The molecule has 0 aliphatic rings. The highest BCUT2D eigenvalue weighted by Gasteiger charge is 2.15. The number of amides is 1. The van der Waals surface area contributed by atoms with Crippen LogP contribution in [0.5, 0.6) is 0 Å². The molecule has 124 valence electrons. The van der Waals surface area contributed by atoms with E-state index in [0.29, 0.717) is 15.7 Å². The van der Waals surface area contributed by atoms with E-state index in [1.54, 1.807) is 0 Å². The number of carbonyl (C=O) groups excluding carboxylic acids is 1. The fourth-order valence-corrected chi connectivity index (χ4v) is 3.81. The van der Waals surface area contributed by atoms with Gasteiger partial charge in [0.25, 0.3) is 5.91 Å². The van der Waals surface area contributed by atoms with Crippen LogP contribution in [-0.2, 0) is 5.41 Å². The normalized spacial score (nSPS) is 11.7. The van der Waals surface area contributed by atoms with Gasteiger partial charge in [-0.25, -0.2) is 4.98 Å². The highest BCUT2D eigenvalue weighted by molar-refractivity contribution is 7.22. The summed E-state index contributed by atoms with van der Waals surface area (Å²) in [7, 11) is 0. The average molecular weight is 359 g/mol. The Bertz CT molecular complexity index is 908. The van der Waals surface area contributed by atoms with E-state index in [1.807, 2.05) is 43.3 Å². The predicted octanol–water partition coefficient (Wildman–Crippen LogP) is 5.81. The number of halogens is 1. The molecule has 5 heteroatoms. The third-order valence-electron chi connectivity index (χ3n) is 3.88. The Kier molecular flexibility index (Phi) is 4.37. The highest BCUT2D eigenvalue weighted by Crippen LogP contribution is 2.31. The Morgan fingerprint density at radius 2 is 1.83 bits per heavy atom. The molecule has 0 saturated heterocycles. The fraction of sp³-hybridized carbons (Fsp3) is 0.263. The number of aromatic nitrogens is 1. The number of fused-ring (bicyclic) bond motifs is 1. The molecule has 2 aromatic carbocycles. The van der Waals surface area contributed by atoms with Crippen LogP contribution < -0.4 is 5.32 Å². The van der Waals surface area contributed by atoms with Gasteiger partial charge in [0.1, 0.15) is 0 Å². The summed E-state index contributed by atoms with van der Waals surface area (Å²) in [6, 6.07) is 11.4. The quantitative estimate of drug-likeness (QED) is 0.628. The number of nitrogens with zero attached hydrogens (tertiary/aromatic N) is 1. The van der Waals surface area contributed by atoms with Crippen LogP contribution in [0.15, 0.2) is 36.4 Å². The van der Waals surface area contributed by atoms with Crippen molar-refractivity contribution in [1.29, 1.82) is 0 Å². The van der Waals surface area contributed by atoms with Gasteiger partial charge in [-0.2, -0.15) is 0 Å². The van der Waals surface area contributed by atoms with Gasteiger partial charge in [-0.1, -0.05) is 55.8 Å². The van der Waals surface area contributed by atoms with E-state index in [1.165, 1.54) is 16.9 Å². The van der Waals surface area contributed by atoms with Crippen LogP contribution in [0.1, 0.15) is 42.3 Å². The number of rotatable bonds is 2. The topological polar surface area (TPSA) is 42.0 Å². The van der Waals surface area contributed by atoms with Gasteiger partial charge in [-0.3, -0.25) is 10.1 Å². The first-order chi connectivity index (χ1) is 11.2. The molecule has 3 aromatic rings. The van der Waals surface area contributed by atoms with Crippen molar-refractivity contribution in [1.82, 2.24) is 4.98 Å². The van der Waals surface area contributed by atoms with Gasteiger partial charge in [-0.05, 0) is 47.7 Å². The molecule has 1 heterocycles. The zero-order valence-electron chi connectivity index (χ0n) is 14.1. The first-order valence-electron chi connectivity index (χ1n) is 7.72. The zero-order valence-corrected chi connectivity index (χ0v) is 15.7. The first kappa shape index (κ1) is 16.9. The van der Waals surface area contributed by atoms with Crippen LogP contribution in [-0.4, -0.2) is 10.9 Å². The lowest BCUT2D eigenvalue weighted by Gasteiger charge is -2.18. The first-order valence-corrected chi connectivity index (χ1v) is 8.92. The van der Waals surface area contributed by atoms with Crippen LogP contribution in [0, 0.1) is 6.92 Å². The van der Waals surface area contributed by atoms with E-state index in [-0.39, 0.29) is 11.3 Å². The third kappa shape index (κ3) is 3.45. The zero-order chi connectivity index (χ0) is 17.5. The Morgan fingerprint density at radius 3 is 2.46 bits per heavy atom. The molecule has 0 aliphatic carbocycles. The molecule has 24 heavy (non-hydrogen) atoms. The Labute approximate surface area is 150 Å². The summed E-state index contributed by atoms with van der Waals surface area (Å²) >= 11 is 7.51. The molecule has 1 amide bonds. The van der Waals surface area contributed by atoms with Crippen LogP contribution in [0.25, 0.3) is 10.2 Å². The molecule has 0 spiro atoms. The molecular formula is C19H19ClN2OS. The van der Waals surface area contributed by atoms with Crippen LogP contribution in [0.3, 0.4) is 0 Å². The lowest BCUT2D eigenvalue weighted by atomic mass is 9.87. The van der Waals surface area contributed by atoms with Gasteiger partial charge in [0.15, 0.2) is 5.13 Å². The second-order valence-electron chi connectivity index (χ2n) is 6.87. The average Bonchev–Trinajstić information content (AvgIpc) is 2.89. The second-order valence-corrected chi connectivity index (χ2v) is 8.34. The number of thiazole rings is 1. The van der Waals surface area contributed by atoms with E-state index >= 15 is 0 Å². The Morgan fingerprint density at radius 1 is 1.17 bits per heavy atom. The van der Waals surface area contributed by atoms with E-state index in [4.69, 9.17) is 11.6 Å². The number of benzene rings is 2. The Balaban J connectivity index is 1.83. The van der Waals surface area contributed by atoms with Crippen LogP contribution >= 0.6 is 22.9 Å². The van der Waals surface area contributed by atoms with E-state index in [2.05, 4.69) is 31.1 Å². The van der Waals surface area contributed by atoms with Crippen molar-refractivity contribution >= 4 is 44.2 Å². The summed E-state index contributed by atoms with van der Waals surface area (Å²) < 4.78 is 0.971. The number of hydrogen-bond donors (Lipinski definition) is 1. The van der Waals surface area contributed by atoms with Crippen molar-refractivity contribution in [3.8, 4) is 0 Å². The van der Waals surface area contributed by atoms with Gasteiger partial charge in [-0.15, -0.1) is 0 Å². The minimum atomic E-state index is -0.154. The van der Waals surface area contributed by atoms with Crippen molar-refractivity contribution in [3.63, 3.8) is 0 Å². The number of aryl methyl sites for hydroxylation is 1. The van der Waals surface area contributed by atoms with Crippen molar-refractivity contribution in [2.45, 2.75) is 33.1 Å². The van der Waals surface area contributed by atoms with Crippen molar-refractivity contribution in [3.05, 3.63) is 58.1 Å². The number of hydrogen-bond acceptors (Lipinski definition) is 3. The summed E-state index contributed by atoms with van der Waals surface area (Å²) in [6.07, 6.45) is 0. The van der Waals surface area contributed by atoms with Crippen molar-refractivity contribution < 1.29 is 4.79 Å². The lowest BCUT2D eigenvalue weighted by molar-refractivity contribution is 0.102. The van der Waals surface area contributed by atoms with Crippen LogP contribution in [0.4, 0.5) is 5.13 Å². The van der Waals surface area contributed by atoms with E-state index in [0.717, 1.165) is 15.8 Å². The Hall–Kier alpha value is -1.91. The second kappa shape index (κ2) is 6.19.